The molecule has 0 amide bonds. The molecule has 2 unspecified atom stereocenters. The SMILES string of the molecule is CN=C(NCCC(C)c1ccc(OC)cc1)NCC1CN(CC(C)C)CCO1. The standard InChI is InChI=1S/C22H38N4O2/c1-17(2)15-26-12-13-28-21(16-26)14-25-22(23-4)24-11-10-18(3)19-6-8-20(27-5)9-7-19/h6-9,17-18,21H,10-16H2,1-5H3,(H2,23,24,25). The maximum Gasteiger partial charge on any atom is 0.191 e. The fraction of sp³-hybridized carbons (Fsp3) is 0.682. The number of guanidine groups is 1. The van der Waals surface area contributed by atoms with Crippen molar-refractivity contribution in [1.29, 1.82) is 0 Å². The van der Waals surface area contributed by atoms with Crippen LogP contribution in [0.2, 0.25) is 0 Å². The molecule has 6 nitrogen and oxygen atoms in total. The summed E-state index contributed by atoms with van der Waals surface area (Å²) in [6.45, 7) is 12.4. The minimum Gasteiger partial charge on any atom is -0.497 e. The van der Waals surface area contributed by atoms with E-state index in [0.29, 0.717) is 11.8 Å². The first-order valence-electron chi connectivity index (χ1n) is 10.4. The molecule has 1 fully saturated rings. The Kier molecular flexibility index (Phi) is 9.58. The van der Waals surface area contributed by atoms with Crippen LogP contribution in [0.15, 0.2) is 29.3 Å². The van der Waals surface area contributed by atoms with Crippen LogP contribution in [-0.2, 0) is 4.74 Å². The lowest BCUT2D eigenvalue weighted by Gasteiger charge is -2.34. The van der Waals surface area contributed by atoms with Crippen LogP contribution in [0, 0.1) is 5.92 Å². The molecule has 0 spiro atoms. The van der Waals surface area contributed by atoms with Crippen LogP contribution in [0.1, 0.15) is 38.7 Å². The van der Waals surface area contributed by atoms with Crippen molar-refractivity contribution >= 4 is 5.96 Å². The van der Waals surface area contributed by atoms with Gasteiger partial charge < -0.3 is 20.1 Å². The van der Waals surface area contributed by atoms with Crippen molar-refractivity contribution in [1.82, 2.24) is 15.5 Å². The van der Waals surface area contributed by atoms with Crippen molar-refractivity contribution in [2.24, 2.45) is 10.9 Å². The highest BCUT2D eigenvalue weighted by Crippen LogP contribution is 2.21. The van der Waals surface area contributed by atoms with Gasteiger partial charge in [-0.15, -0.1) is 0 Å². The third-order valence-electron chi connectivity index (χ3n) is 5.12. The molecule has 1 aliphatic heterocycles. The van der Waals surface area contributed by atoms with Gasteiger partial charge in [-0.3, -0.25) is 9.89 Å². The summed E-state index contributed by atoms with van der Waals surface area (Å²) < 4.78 is 11.1. The molecular formula is C22H38N4O2. The first kappa shape index (κ1) is 22.5. The molecule has 1 heterocycles. The monoisotopic (exact) mass is 390 g/mol. The summed E-state index contributed by atoms with van der Waals surface area (Å²) in [5.74, 6) is 2.90. The molecule has 2 N–H and O–H groups in total. The first-order chi connectivity index (χ1) is 13.5. The van der Waals surface area contributed by atoms with Crippen LogP contribution in [0.4, 0.5) is 0 Å². The van der Waals surface area contributed by atoms with E-state index in [1.165, 1.54) is 5.56 Å². The predicted octanol–water partition coefficient (Wildman–Crippen LogP) is 2.71. The zero-order valence-corrected chi connectivity index (χ0v) is 18.2. The van der Waals surface area contributed by atoms with Crippen LogP contribution in [0.3, 0.4) is 0 Å². The van der Waals surface area contributed by atoms with Gasteiger partial charge in [0.05, 0.1) is 19.8 Å². The molecule has 0 aromatic heterocycles. The quantitative estimate of drug-likeness (QED) is 0.502. The van der Waals surface area contributed by atoms with Crippen molar-refractivity contribution in [3.05, 3.63) is 29.8 Å². The molecular weight excluding hydrogens is 352 g/mol. The second kappa shape index (κ2) is 11.9. The molecule has 1 aromatic carbocycles. The van der Waals surface area contributed by atoms with E-state index in [1.807, 2.05) is 19.2 Å². The minimum atomic E-state index is 0.212. The zero-order chi connectivity index (χ0) is 20.4. The molecule has 1 saturated heterocycles. The van der Waals surface area contributed by atoms with Gasteiger partial charge in [0.1, 0.15) is 5.75 Å². The summed E-state index contributed by atoms with van der Waals surface area (Å²) in [4.78, 5) is 6.83. The third-order valence-corrected chi connectivity index (χ3v) is 5.12. The number of morpholine rings is 1. The first-order valence-corrected chi connectivity index (χ1v) is 10.4. The highest BCUT2D eigenvalue weighted by molar-refractivity contribution is 5.79. The molecule has 2 atom stereocenters. The van der Waals surface area contributed by atoms with Crippen LogP contribution in [-0.4, -0.2) is 70.5 Å². The summed E-state index contributed by atoms with van der Waals surface area (Å²) in [7, 11) is 3.51. The van der Waals surface area contributed by atoms with E-state index >= 15 is 0 Å². The number of aliphatic imine (C=N–C) groups is 1. The van der Waals surface area contributed by atoms with Crippen LogP contribution >= 0.6 is 0 Å². The molecule has 28 heavy (non-hydrogen) atoms. The van der Waals surface area contributed by atoms with Gasteiger partial charge in [-0.25, -0.2) is 0 Å². The van der Waals surface area contributed by atoms with Crippen molar-refractivity contribution in [3.8, 4) is 5.75 Å². The molecule has 0 radical (unpaired) electrons. The Hall–Kier alpha value is -1.79. The number of nitrogens with zero attached hydrogens (tertiary/aromatic N) is 2. The van der Waals surface area contributed by atoms with E-state index in [9.17, 15) is 0 Å². The Morgan fingerprint density at radius 2 is 2.00 bits per heavy atom. The normalized spacial score (nSPS) is 19.5. The van der Waals surface area contributed by atoms with Crippen LogP contribution in [0.5, 0.6) is 5.75 Å². The summed E-state index contributed by atoms with van der Waals surface area (Å²) in [6, 6.07) is 8.32. The summed E-state index contributed by atoms with van der Waals surface area (Å²) in [6.07, 6.45) is 1.25. The largest absolute Gasteiger partial charge is 0.497 e. The Balaban J connectivity index is 1.69. The van der Waals surface area contributed by atoms with Crippen molar-refractivity contribution < 1.29 is 9.47 Å². The van der Waals surface area contributed by atoms with Gasteiger partial charge in [-0.1, -0.05) is 32.9 Å². The second-order valence-electron chi connectivity index (χ2n) is 7.99. The van der Waals surface area contributed by atoms with Gasteiger partial charge in [0.25, 0.3) is 0 Å². The van der Waals surface area contributed by atoms with Crippen molar-refractivity contribution in [2.75, 3.05) is 53.5 Å². The number of ether oxygens (including phenoxy) is 2. The van der Waals surface area contributed by atoms with Gasteiger partial charge in [0.15, 0.2) is 5.96 Å². The maximum atomic E-state index is 5.91. The summed E-state index contributed by atoms with van der Waals surface area (Å²) >= 11 is 0. The van der Waals surface area contributed by atoms with E-state index in [0.717, 1.165) is 57.5 Å². The Bertz CT molecular complexity index is 589. The molecule has 0 saturated carbocycles. The summed E-state index contributed by atoms with van der Waals surface area (Å²) in [5.41, 5.74) is 1.33. The molecule has 0 bridgehead atoms. The van der Waals surface area contributed by atoms with E-state index in [1.54, 1.807) is 7.11 Å². The Morgan fingerprint density at radius 1 is 1.25 bits per heavy atom. The van der Waals surface area contributed by atoms with Gasteiger partial charge in [0, 0.05) is 39.8 Å². The van der Waals surface area contributed by atoms with E-state index in [4.69, 9.17) is 9.47 Å². The molecule has 1 aliphatic rings. The molecule has 158 valence electrons. The number of rotatable bonds is 9. The maximum absolute atomic E-state index is 5.91. The number of benzene rings is 1. The lowest BCUT2D eigenvalue weighted by Crippen LogP contribution is -2.50. The zero-order valence-electron chi connectivity index (χ0n) is 18.2. The van der Waals surface area contributed by atoms with E-state index < -0.39 is 0 Å². The fourth-order valence-electron chi connectivity index (χ4n) is 3.52. The molecule has 1 aromatic rings. The van der Waals surface area contributed by atoms with E-state index in [2.05, 4.69) is 53.4 Å². The topological polar surface area (TPSA) is 58.1 Å². The Labute approximate surface area is 170 Å². The smallest absolute Gasteiger partial charge is 0.191 e. The predicted molar refractivity (Wildman–Crippen MR) is 116 cm³/mol. The molecule has 2 rings (SSSR count). The van der Waals surface area contributed by atoms with Crippen molar-refractivity contribution in [3.63, 3.8) is 0 Å². The summed E-state index contributed by atoms with van der Waals surface area (Å²) in [5, 5.41) is 6.83. The Morgan fingerprint density at radius 3 is 2.64 bits per heavy atom. The van der Waals surface area contributed by atoms with Gasteiger partial charge in [-0.2, -0.15) is 0 Å². The van der Waals surface area contributed by atoms with Crippen molar-refractivity contribution in [2.45, 2.75) is 39.2 Å². The van der Waals surface area contributed by atoms with Gasteiger partial charge in [-0.05, 0) is 36.0 Å². The second-order valence-corrected chi connectivity index (χ2v) is 7.99. The highest BCUT2D eigenvalue weighted by atomic mass is 16.5. The number of nitrogens with one attached hydrogen (secondary N) is 2. The fourth-order valence-corrected chi connectivity index (χ4v) is 3.52. The minimum absolute atomic E-state index is 0.212. The van der Waals surface area contributed by atoms with Gasteiger partial charge >= 0.3 is 0 Å². The lowest BCUT2D eigenvalue weighted by atomic mass is 9.98. The molecule has 6 heteroatoms. The number of hydrogen-bond acceptors (Lipinski definition) is 4. The van der Waals surface area contributed by atoms with Crippen LogP contribution in [0.25, 0.3) is 0 Å². The highest BCUT2D eigenvalue weighted by Gasteiger charge is 2.21. The number of hydrogen-bond donors (Lipinski definition) is 2. The third kappa shape index (κ3) is 7.68. The lowest BCUT2D eigenvalue weighted by molar-refractivity contribution is -0.0284. The number of methoxy groups -OCH3 is 1. The average Bonchev–Trinajstić information content (AvgIpc) is 2.70. The van der Waals surface area contributed by atoms with Gasteiger partial charge in [0.2, 0.25) is 0 Å². The van der Waals surface area contributed by atoms with Crippen LogP contribution < -0.4 is 15.4 Å². The molecule has 0 aliphatic carbocycles. The van der Waals surface area contributed by atoms with E-state index in [-0.39, 0.29) is 6.10 Å². The average molecular weight is 391 g/mol.